The van der Waals surface area contributed by atoms with E-state index in [-0.39, 0.29) is 35.3 Å². The predicted octanol–water partition coefficient (Wildman–Crippen LogP) is 4.97. The standard InChI is InChI=1S/C22H24F2N2O2/c1-13-10-17(23)6-8-19(13)25-21(27)15-4-3-5-16(12-15)22(28)26-20-9-7-18(24)11-14(20)2/h6-11,15-16H,3-5,12H2,1-2H3,(H,25,27)(H,26,28). The van der Waals surface area contributed by atoms with Gasteiger partial charge in [-0.15, -0.1) is 0 Å². The van der Waals surface area contributed by atoms with Gasteiger partial charge in [0.15, 0.2) is 0 Å². The molecule has 0 spiro atoms. The molecular weight excluding hydrogens is 362 g/mol. The fraction of sp³-hybridized carbons (Fsp3) is 0.364. The number of benzene rings is 2. The average Bonchev–Trinajstić information content (AvgIpc) is 2.66. The molecule has 0 radical (unpaired) electrons. The highest BCUT2D eigenvalue weighted by atomic mass is 19.1. The number of aryl methyl sites for hydroxylation is 2. The Hall–Kier alpha value is -2.76. The SMILES string of the molecule is Cc1cc(F)ccc1NC(=O)C1CCCC(C(=O)Nc2ccc(F)cc2C)C1. The largest absolute Gasteiger partial charge is 0.326 e. The van der Waals surface area contributed by atoms with Gasteiger partial charge in [-0.1, -0.05) is 6.42 Å². The molecule has 2 N–H and O–H groups in total. The fourth-order valence-electron chi connectivity index (χ4n) is 3.67. The molecule has 2 atom stereocenters. The minimum atomic E-state index is -0.346. The molecule has 2 aromatic rings. The molecule has 0 heterocycles. The summed E-state index contributed by atoms with van der Waals surface area (Å²) in [6, 6.07) is 8.46. The van der Waals surface area contributed by atoms with Crippen molar-refractivity contribution in [3.63, 3.8) is 0 Å². The van der Waals surface area contributed by atoms with E-state index in [0.717, 1.165) is 6.42 Å². The second-order valence-electron chi connectivity index (χ2n) is 7.46. The zero-order valence-electron chi connectivity index (χ0n) is 16.0. The van der Waals surface area contributed by atoms with Gasteiger partial charge >= 0.3 is 0 Å². The molecule has 1 fully saturated rings. The first-order chi connectivity index (χ1) is 13.3. The van der Waals surface area contributed by atoms with Gasteiger partial charge in [0.1, 0.15) is 11.6 Å². The summed E-state index contributed by atoms with van der Waals surface area (Å²) in [4.78, 5) is 25.3. The number of rotatable bonds is 4. The average molecular weight is 386 g/mol. The smallest absolute Gasteiger partial charge is 0.227 e. The van der Waals surface area contributed by atoms with Gasteiger partial charge in [0.25, 0.3) is 0 Å². The van der Waals surface area contributed by atoms with Crippen molar-refractivity contribution in [2.45, 2.75) is 39.5 Å². The first-order valence-corrected chi connectivity index (χ1v) is 9.47. The van der Waals surface area contributed by atoms with E-state index in [1.54, 1.807) is 26.0 Å². The molecule has 2 aromatic carbocycles. The van der Waals surface area contributed by atoms with Gasteiger partial charge < -0.3 is 10.6 Å². The molecule has 3 rings (SSSR count). The van der Waals surface area contributed by atoms with E-state index in [0.29, 0.717) is 41.8 Å². The minimum absolute atomic E-state index is 0.148. The van der Waals surface area contributed by atoms with Crippen LogP contribution in [0.3, 0.4) is 0 Å². The normalized spacial score (nSPS) is 19.1. The molecule has 2 unspecified atom stereocenters. The van der Waals surface area contributed by atoms with E-state index in [1.807, 2.05) is 0 Å². The van der Waals surface area contributed by atoms with Crippen molar-refractivity contribution in [3.05, 3.63) is 59.2 Å². The van der Waals surface area contributed by atoms with E-state index in [9.17, 15) is 18.4 Å². The third-order valence-electron chi connectivity index (χ3n) is 5.31. The molecule has 148 valence electrons. The molecule has 28 heavy (non-hydrogen) atoms. The summed E-state index contributed by atoms with van der Waals surface area (Å²) in [6.07, 6.45) is 2.66. The number of carbonyl (C=O) groups excluding carboxylic acids is 2. The van der Waals surface area contributed by atoms with E-state index in [4.69, 9.17) is 0 Å². The maximum Gasteiger partial charge on any atom is 0.227 e. The Kier molecular flexibility index (Phi) is 6.07. The lowest BCUT2D eigenvalue weighted by Gasteiger charge is -2.28. The van der Waals surface area contributed by atoms with Crippen LogP contribution >= 0.6 is 0 Å². The third kappa shape index (κ3) is 4.74. The third-order valence-corrected chi connectivity index (χ3v) is 5.31. The molecule has 6 heteroatoms. The first kappa shape index (κ1) is 20.0. The summed E-state index contributed by atoms with van der Waals surface area (Å²) >= 11 is 0. The molecule has 1 saturated carbocycles. The highest BCUT2D eigenvalue weighted by molar-refractivity contribution is 5.96. The molecule has 0 aromatic heterocycles. The van der Waals surface area contributed by atoms with E-state index in [1.165, 1.54) is 24.3 Å². The van der Waals surface area contributed by atoms with Crippen molar-refractivity contribution in [2.24, 2.45) is 11.8 Å². The molecule has 2 amide bonds. The van der Waals surface area contributed by atoms with Crippen LogP contribution in [0.25, 0.3) is 0 Å². The zero-order chi connectivity index (χ0) is 20.3. The van der Waals surface area contributed by atoms with Crippen molar-refractivity contribution in [3.8, 4) is 0 Å². The van der Waals surface area contributed by atoms with Crippen molar-refractivity contribution in [2.75, 3.05) is 10.6 Å². The van der Waals surface area contributed by atoms with Gasteiger partial charge in [0.05, 0.1) is 0 Å². The highest BCUT2D eigenvalue weighted by Crippen LogP contribution is 2.31. The molecular formula is C22H24F2N2O2. The molecule has 0 aliphatic heterocycles. The van der Waals surface area contributed by atoms with Crippen LogP contribution in [-0.4, -0.2) is 11.8 Å². The van der Waals surface area contributed by atoms with Gasteiger partial charge in [-0.3, -0.25) is 9.59 Å². The number of carbonyl (C=O) groups is 2. The summed E-state index contributed by atoms with van der Waals surface area (Å²) < 4.78 is 26.5. The Bertz CT molecular complexity index is 827. The maximum absolute atomic E-state index is 13.2. The van der Waals surface area contributed by atoms with Gasteiger partial charge in [-0.2, -0.15) is 0 Å². The Morgan fingerprint density at radius 1 is 0.821 bits per heavy atom. The van der Waals surface area contributed by atoms with Crippen LogP contribution in [0.2, 0.25) is 0 Å². The number of nitrogens with one attached hydrogen (secondary N) is 2. The minimum Gasteiger partial charge on any atom is -0.326 e. The predicted molar refractivity (Wildman–Crippen MR) is 105 cm³/mol. The van der Waals surface area contributed by atoms with Gasteiger partial charge in [-0.05, 0) is 80.6 Å². The van der Waals surface area contributed by atoms with Crippen LogP contribution in [0.1, 0.15) is 36.8 Å². The highest BCUT2D eigenvalue weighted by Gasteiger charge is 2.31. The summed E-state index contributed by atoms with van der Waals surface area (Å²) in [7, 11) is 0. The maximum atomic E-state index is 13.2. The van der Waals surface area contributed by atoms with Crippen molar-refractivity contribution < 1.29 is 18.4 Å². The fourth-order valence-corrected chi connectivity index (χ4v) is 3.67. The van der Waals surface area contributed by atoms with Gasteiger partial charge in [0.2, 0.25) is 11.8 Å². The van der Waals surface area contributed by atoms with Crippen LogP contribution < -0.4 is 10.6 Å². The molecule has 1 aliphatic carbocycles. The van der Waals surface area contributed by atoms with Crippen molar-refractivity contribution in [1.29, 1.82) is 0 Å². The lowest BCUT2D eigenvalue weighted by atomic mass is 9.80. The van der Waals surface area contributed by atoms with Gasteiger partial charge in [0, 0.05) is 23.2 Å². The van der Waals surface area contributed by atoms with Crippen LogP contribution in [0.4, 0.5) is 20.2 Å². The second kappa shape index (κ2) is 8.50. The zero-order valence-corrected chi connectivity index (χ0v) is 16.0. The number of amides is 2. The molecule has 0 bridgehead atoms. The molecule has 1 aliphatic rings. The second-order valence-corrected chi connectivity index (χ2v) is 7.46. The summed E-state index contributed by atoms with van der Waals surface area (Å²) in [5.74, 6) is -1.54. The monoisotopic (exact) mass is 386 g/mol. The number of hydrogen-bond acceptors (Lipinski definition) is 2. The quantitative estimate of drug-likeness (QED) is 0.780. The van der Waals surface area contributed by atoms with Crippen molar-refractivity contribution >= 4 is 23.2 Å². The summed E-state index contributed by atoms with van der Waals surface area (Å²) in [6.45, 7) is 3.47. The van der Waals surface area contributed by atoms with Crippen LogP contribution in [0.15, 0.2) is 36.4 Å². The molecule has 0 saturated heterocycles. The van der Waals surface area contributed by atoms with Crippen molar-refractivity contribution in [1.82, 2.24) is 0 Å². The van der Waals surface area contributed by atoms with Crippen LogP contribution in [-0.2, 0) is 9.59 Å². The van der Waals surface area contributed by atoms with E-state index in [2.05, 4.69) is 10.6 Å². The Balaban J connectivity index is 1.62. The number of hydrogen-bond donors (Lipinski definition) is 2. The number of halogens is 2. The topological polar surface area (TPSA) is 58.2 Å². The summed E-state index contributed by atoms with van der Waals surface area (Å²) in [5, 5.41) is 5.71. The van der Waals surface area contributed by atoms with Crippen LogP contribution in [0, 0.1) is 37.3 Å². The van der Waals surface area contributed by atoms with Gasteiger partial charge in [-0.25, -0.2) is 8.78 Å². The lowest BCUT2D eigenvalue weighted by Crippen LogP contribution is -2.33. The Morgan fingerprint density at radius 3 is 1.64 bits per heavy atom. The van der Waals surface area contributed by atoms with E-state index < -0.39 is 0 Å². The number of anilines is 2. The Morgan fingerprint density at radius 2 is 1.25 bits per heavy atom. The summed E-state index contributed by atoms with van der Waals surface area (Å²) in [5.41, 5.74) is 2.48. The molecule has 4 nitrogen and oxygen atoms in total. The Labute approximate surface area is 163 Å². The first-order valence-electron chi connectivity index (χ1n) is 9.47. The van der Waals surface area contributed by atoms with Crippen LogP contribution in [0.5, 0.6) is 0 Å². The van der Waals surface area contributed by atoms with E-state index >= 15 is 0 Å². The lowest BCUT2D eigenvalue weighted by molar-refractivity contribution is -0.124.